The highest BCUT2D eigenvalue weighted by atomic mass is 16.5. The maximum Gasteiger partial charge on any atom is 0.371 e. The Kier molecular flexibility index (Phi) is 5.46. The van der Waals surface area contributed by atoms with Crippen LogP contribution in [0.1, 0.15) is 32.2 Å². The van der Waals surface area contributed by atoms with Gasteiger partial charge in [0.05, 0.1) is 13.2 Å². The highest BCUT2D eigenvalue weighted by Gasteiger charge is 2.14. The molecule has 0 saturated heterocycles. The molecule has 0 bridgehead atoms. The second kappa shape index (κ2) is 8.13. The summed E-state index contributed by atoms with van der Waals surface area (Å²) in [5, 5.41) is 11.5. The largest absolute Gasteiger partial charge is 0.475 e. The Morgan fingerprint density at radius 2 is 1.46 bits per heavy atom. The van der Waals surface area contributed by atoms with Crippen LogP contribution in [0.2, 0.25) is 0 Å². The fourth-order valence-electron chi connectivity index (χ4n) is 2.31. The lowest BCUT2D eigenvalue weighted by Gasteiger charge is -2.07. The maximum atomic E-state index is 12.0. The fraction of sp³-hybridized carbons (Fsp3) is 0.100. The van der Waals surface area contributed by atoms with E-state index in [-0.39, 0.29) is 11.5 Å². The highest BCUT2D eigenvalue weighted by molar-refractivity contribution is 6.02. The lowest BCUT2D eigenvalue weighted by Crippen LogP contribution is -2.11. The lowest BCUT2D eigenvalue weighted by molar-refractivity contribution is 0.0660. The molecule has 0 spiro atoms. The minimum absolute atomic E-state index is 0.0577. The van der Waals surface area contributed by atoms with Gasteiger partial charge in [-0.2, -0.15) is 0 Å². The van der Waals surface area contributed by atoms with Crippen molar-refractivity contribution in [1.29, 1.82) is 0 Å². The predicted molar refractivity (Wildman–Crippen MR) is 95.0 cm³/mol. The Labute approximate surface area is 150 Å². The molecule has 0 unspecified atom stereocenters. The fourth-order valence-corrected chi connectivity index (χ4v) is 2.31. The first-order valence-electron chi connectivity index (χ1n) is 7.97. The normalized spacial score (nSPS) is 10.5. The molecule has 2 N–H and O–H groups in total. The zero-order chi connectivity index (χ0) is 18.4. The molecule has 0 saturated carbocycles. The second-order valence-electron chi connectivity index (χ2n) is 5.60. The van der Waals surface area contributed by atoms with Crippen LogP contribution in [0.15, 0.2) is 71.1 Å². The molecule has 26 heavy (non-hydrogen) atoms. The smallest absolute Gasteiger partial charge is 0.371 e. The molecule has 6 heteroatoms. The number of rotatable bonds is 7. The van der Waals surface area contributed by atoms with Gasteiger partial charge in [-0.25, -0.2) is 4.79 Å². The summed E-state index contributed by atoms with van der Waals surface area (Å²) in [5.41, 5.74) is 2.66. The highest BCUT2D eigenvalue weighted by Crippen LogP contribution is 2.14. The number of nitrogens with one attached hydrogen (secondary N) is 1. The first kappa shape index (κ1) is 17.4. The molecule has 0 atom stereocenters. The maximum absolute atomic E-state index is 12.0. The number of furan rings is 1. The first-order chi connectivity index (χ1) is 12.6. The van der Waals surface area contributed by atoms with E-state index in [9.17, 15) is 9.59 Å². The van der Waals surface area contributed by atoms with Crippen molar-refractivity contribution >= 4 is 17.6 Å². The van der Waals surface area contributed by atoms with Gasteiger partial charge < -0.3 is 19.6 Å². The monoisotopic (exact) mass is 351 g/mol. The van der Waals surface area contributed by atoms with Crippen molar-refractivity contribution in [2.24, 2.45) is 0 Å². The van der Waals surface area contributed by atoms with Gasteiger partial charge in [0.2, 0.25) is 5.76 Å². The quantitative estimate of drug-likeness (QED) is 0.673. The van der Waals surface area contributed by atoms with E-state index in [2.05, 4.69) is 5.32 Å². The SMILES string of the molecule is O=C(O)c1ccc(C(=O)Nc2ccc(COCc3ccccc3)cc2)o1. The molecule has 132 valence electrons. The van der Waals surface area contributed by atoms with Crippen LogP contribution in [0.5, 0.6) is 0 Å². The summed E-state index contributed by atoms with van der Waals surface area (Å²) < 4.78 is 10.6. The molecule has 1 heterocycles. The number of carbonyl (C=O) groups is 2. The van der Waals surface area contributed by atoms with E-state index in [1.165, 1.54) is 12.1 Å². The van der Waals surface area contributed by atoms with Gasteiger partial charge in [-0.05, 0) is 35.4 Å². The van der Waals surface area contributed by atoms with E-state index in [4.69, 9.17) is 14.3 Å². The summed E-state index contributed by atoms with van der Waals surface area (Å²) in [6.45, 7) is 0.993. The van der Waals surface area contributed by atoms with Crippen molar-refractivity contribution in [3.63, 3.8) is 0 Å². The molecule has 2 aromatic carbocycles. The standard InChI is InChI=1S/C20H17NO5/c22-19(17-10-11-18(26-17)20(23)24)21-16-8-6-15(7-9-16)13-25-12-14-4-2-1-3-5-14/h1-11H,12-13H2,(H,21,22)(H,23,24). The Morgan fingerprint density at radius 1 is 0.846 bits per heavy atom. The molecule has 1 aromatic heterocycles. The van der Waals surface area contributed by atoms with Crippen LogP contribution in [0.4, 0.5) is 5.69 Å². The number of carboxylic acids is 1. The third-order valence-corrected chi connectivity index (χ3v) is 3.63. The van der Waals surface area contributed by atoms with Crippen molar-refractivity contribution in [3.05, 3.63) is 89.4 Å². The van der Waals surface area contributed by atoms with E-state index in [1.807, 2.05) is 42.5 Å². The topological polar surface area (TPSA) is 88.8 Å². The molecule has 3 rings (SSSR count). The van der Waals surface area contributed by atoms with Crippen LogP contribution in [0.3, 0.4) is 0 Å². The van der Waals surface area contributed by atoms with Gasteiger partial charge in [-0.3, -0.25) is 4.79 Å². The summed E-state index contributed by atoms with van der Waals surface area (Å²) in [4.78, 5) is 22.8. The Morgan fingerprint density at radius 3 is 2.08 bits per heavy atom. The molecular weight excluding hydrogens is 334 g/mol. The molecule has 0 aliphatic heterocycles. The van der Waals surface area contributed by atoms with Gasteiger partial charge in [0, 0.05) is 5.69 Å². The number of hydrogen-bond acceptors (Lipinski definition) is 4. The molecule has 0 aliphatic carbocycles. The molecule has 0 aliphatic rings. The van der Waals surface area contributed by atoms with Gasteiger partial charge in [-0.1, -0.05) is 42.5 Å². The van der Waals surface area contributed by atoms with Crippen molar-refractivity contribution in [1.82, 2.24) is 0 Å². The van der Waals surface area contributed by atoms with Gasteiger partial charge in [-0.15, -0.1) is 0 Å². The average molecular weight is 351 g/mol. The predicted octanol–water partition coefficient (Wildman–Crippen LogP) is 3.95. The van der Waals surface area contributed by atoms with Crippen LogP contribution >= 0.6 is 0 Å². The number of ether oxygens (including phenoxy) is 1. The molecular formula is C20H17NO5. The van der Waals surface area contributed by atoms with Crippen LogP contribution in [-0.2, 0) is 18.0 Å². The van der Waals surface area contributed by atoms with Gasteiger partial charge in [0.25, 0.3) is 5.91 Å². The second-order valence-corrected chi connectivity index (χ2v) is 5.60. The van der Waals surface area contributed by atoms with E-state index in [1.54, 1.807) is 12.1 Å². The molecule has 3 aromatic rings. The summed E-state index contributed by atoms with van der Waals surface area (Å²) >= 11 is 0. The number of aromatic carboxylic acids is 1. The first-order valence-corrected chi connectivity index (χ1v) is 7.97. The van der Waals surface area contributed by atoms with E-state index in [0.29, 0.717) is 18.9 Å². The minimum Gasteiger partial charge on any atom is -0.475 e. The summed E-state index contributed by atoms with van der Waals surface area (Å²) in [5.74, 6) is -2.06. The zero-order valence-electron chi connectivity index (χ0n) is 13.8. The number of carbonyl (C=O) groups excluding carboxylic acids is 1. The number of carboxylic acid groups (broad SMARTS) is 1. The summed E-state index contributed by atoms with van der Waals surface area (Å²) in [6.07, 6.45) is 0. The number of amides is 1. The van der Waals surface area contributed by atoms with E-state index < -0.39 is 11.9 Å². The summed E-state index contributed by atoms with van der Waals surface area (Å²) in [6, 6.07) is 19.7. The van der Waals surface area contributed by atoms with E-state index >= 15 is 0 Å². The summed E-state index contributed by atoms with van der Waals surface area (Å²) in [7, 11) is 0. The van der Waals surface area contributed by atoms with Crippen molar-refractivity contribution in [2.45, 2.75) is 13.2 Å². The lowest BCUT2D eigenvalue weighted by atomic mass is 10.2. The third kappa shape index (κ3) is 4.58. The number of anilines is 1. The van der Waals surface area contributed by atoms with Crippen LogP contribution in [0, 0.1) is 0 Å². The zero-order valence-corrected chi connectivity index (χ0v) is 13.8. The van der Waals surface area contributed by atoms with Crippen molar-refractivity contribution < 1.29 is 23.8 Å². The van der Waals surface area contributed by atoms with Gasteiger partial charge >= 0.3 is 5.97 Å². The van der Waals surface area contributed by atoms with Crippen molar-refractivity contribution in [3.8, 4) is 0 Å². The van der Waals surface area contributed by atoms with Crippen molar-refractivity contribution in [2.75, 3.05) is 5.32 Å². The molecule has 0 radical (unpaired) electrons. The molecule has 1 amide bonds. The molecule has 0 fully saturated rings. The Balaban J connectivity index is 1.52. The molecule has 6 nitrogen and oxygen atoms in total. The van der Waals surface area contributed by atoms with Crippen LogP contribution < -0.4 is 5.32 Å². The van der Waals surface area contributed by atoms with Gasteiger partial charge in [0.15, 0.2) is 5.76 Å². The Bertz CT molecular complexity index is 884. The third-order valence-electron chi connectivity index (χ3n) is 3.63. The van der Waals surface area contributed by atoms with E-state index in [0.717, 1.165) is 11.1 Å². The average Bonchev–Trinajstić information content (AvgIpc) is 3.15. The number of hydrogen-bond donors (Lipinski definition) is 2. The number of benzene rings is 2. The van der Waals surface area contributed by atoms with Crippen LogP contribution in [-0.4, -0.2) is 17.0 Å². The van der Waals surface area contributed by atoms with Gasteiger partial charge in [0.1, 0.15) is 0 Å². The Hall–Kier alpha value is -3.38. The van der Waals surface area contributed by atoms with Crippen LogP contribution in [0.25, 0.3) is 0 Å². The minimum atomic E-state index is -1.22.